The molecule has 210 valence electrons. The van der Waals surface area contributed by atoms with Crippen molar-refractivity contribution in [3.63, 3.8) is 0 Å². The van der Waals surface area contributed by atoms with Gasteiger partial charge in [0.1, 0.15) is 6.04 Å². The van der Waals surface area contributed by atoms with Crippen LogP contribution in [0.3, 0.4) is 0 Å². The number of methoxy groups -OCH3 is 1. The molecule has 2 heterocycles. The van der Waals surface area contributed by atoms with Crippen molar-refractivity contribution in [2.75, 3.05) is 33.3 Å². The molecule has 4 rings (SSSR count). The molecule has 3 amide bonds. The van der Waals surface area contributed by atoms with Crippen LogP contribution in [0.1, 0.15) is 49.3 Å². The first kappa shape index (κ1) is 30.0. The second kappa shape index (κ2) is 13.5. The molecule has 8 nitrogen and oxygen atoms in total. The van der Waals surface area contributed by atoms with E-state index in [2.05, 4.69) is 34.5 Å². The van der Waals surface area contributed by atoms with Crippen molar-refractivity contribution in [1.82, 2.24) is 20.2 Å². The molecule has 39 heavy (non-hydrogen) atoms. The number of carbonyl (C=O) groups excluding carboxylic acids is 3. The molecule has 2 aromatic rings. The van der Waals surface area contributed by atoms with Gasteiger partial charge in [0, 0.05) is 12.2 Å². The smallest absolute Gasteiger partial charge is 0.341 e. The molecular formula is C28H33ClF2N4O4. The Labute approximate surface area is 233 Å². The molecule has 0 bridgehead atoms. The number of hydrogen-bond donors (Lipinski definition) is 1. The van der Waals surface area contributed by atoms with Crippen molar-refractivity contribution in [3.8, 4) is 0 Å². The Bertz CT molecular complexity index is 1210. The van der Waals surface area contributed by atoms with Crippen molar-refractivity contribution in [2.24, 2.45) is 0 Å². The van der Waals surface area contributed by atoms with Gasteiger partial charge in [-0.15, -0.1) is 12.4 Å². The second-order valence-corrected chi connectivity index (χ2v) is 9.53. The highest BCUT2D eigenvalue weighted by atomic mass is 35.5. The lowest BCUT2D eigenvalue weighted by molar-refractivity contribution is -0.141. The number of likely N-dealkylation sites (tertiary alicyclic amines) is 1. The Morgan fingerprint density at radius 2 is 1.79 bits per heavy atom. The quantitative estimate of drug-likeness (QED) is 0.358. The van der Waals surface area contributed by atoms with E-state index in [4.69, 9.17) is 4.74 Å². The number of halogens is 3. The summed E-state index contributed by atoms with van der Waals surface area (Å²) in [6, 6.07) is 11.7. The number of amides is 3. The Morgan fingerprint density at radius 3 is 2.41 bits per heavy atom. The fourth-order valence-corrected chi connectivity index (χ4v) is 5.24. The number of ether oxygens (including phenoxy) is 1. The molecule has 1 N–H and O–H groups in total. The minimum atomic E-state index is -1.18. The van der Waals surface area contributed by atoms with Gasteiger partial charge in [-0.2, -0.15) is 0 Å². The maximum Gasteiger partial charge on any atom is 0.341 e. The number of hydrazine groups is 1. The van der Waals surface area contributed by atoms with Crippen LogP contribution < -0.4 is 5.32 Å². The molecule has 11 heteroatoms. The lowest BCUT2D eigenvalue weighted by Gasteiger charge is -2.42. The molecule has 1 unspecified atom stereocenters. The normalized spacial score (nSPS) is 18.3. The molecule has 2 aliphatic heterocycles. The second-order valence-electron chi connectivity index (χ2n) is 9.53. The van der Waals surface area contributed by atoms with Gasteiger partial charge in [0.05, 0.1) is 12.7 Å². The van der Waals surface area contributed by atoms with Crippen LogP contribution in [0.4, 0.5) is 13.6 Å². The predicted molar refractivity (Wildman–Crippen MR) is 144 cm³/mol. The van der Waals surface area contributed by atoms with Gasteiger partial charge < -0.3 is 15.0 Å². The van der Waals surface area contributed by atoms with Crippen LogP contribution in [0.5, 0.6) is 0 Å². The minimum absolute atomic E-state index is 0. The number of piperidine rings is 1. The van der Waals surface area contributed by atoms with E-state index in [9.17, 15) is 23.2 Å². The van der Waals surface area contributed by atoms with Crippen molar-refractivity contribution < 1.29 is 27.9 Å². The number of allylic oxidation sites excluding steroid dienone is 1. The Hall–Kier alpha value is -3.50. The molecule has 2 aromatic carbocycles. The van der Waals surface area contributed by atoms with Gasteiger partial charge in [-0.05, 0) is 75.0 Å². The van der Waals surface area contributed by atoms with Crippen molar-refractivity contribution >= 4 is 30.8 Å². The molecule has 0 saturated carbocycles. The van der Waals surface area contributed by atoms with E-state index in [1.807, 2.05) is 6.07 Å². The first-order valence-corrected chi connectivity index (χ1v) is 12.7. The Balaban J connectivity index is 0.00000420. The van der Waals surface area contributed by atoms with E-state index in [-0.39, 0.29) is 35.8 Å². The third-order valence-electron chi connectivity index (χ3n) is 7.21. The number of hydrogen-bond acceptors (Lipinski definition) is 5. The van der Waals surface area contributed by atoms with Crippen LogP contribution in [0.25, 0.3) is 0 Å². The van der Waals surface area contributed by atoms with Gasteiger partial charge in [-0.25, -0.2) is 23.4 Å². The van der Waals surface area contributed by atoms with E-state index in [1.165, 1.54) is 30.7 Å². The number of carbonyl (C=O) groups is 3. The summed E-state index contributed by atoms with van der Waals surface area (Å²) in [4.78, 5) is 40.3. The first-order valence-electron chi connectivity index (χ1n) is 12.7. The zero-order valence-electron chi connectivity index (χ0n) is 21.9. The molecule has 2 aliphatic rings. The molecule has 1 fully saturated rings. The number of esters is 1. The highest BCUT2D eigenvalue weighted by Gasteiger charge is 2.41. The van der Waals surface area contributed by atoms with Gasteiger partial charge in [0.2, 0.25) is 6.41 Å². The average Bonchev–Trinajstić information content (AvgIpc) is 2.93. The van der Waals surface area contributed by atoms with Crippen molar-refractivity contribution in [3.05, 3.63) is 82.6 Å². The van der Waals surface area contributed by atoms with E-state index >= 15 is 0 Å². The summed E-state index contributed by atoms with van der Waals surface area (Å²) >= 11 is 0. The summed E-state index contributed by atoms with van der Waals surface area (Å²) in [7, 11) is 1.18. The third kappa shape index (κ3) is 6.75. The average molecular weight is 563 g/mol. The Kier molecular flexibility index (Phi) is 10.4. The van der Waals surface area contributed by atoms with Gasteiger partial charge in [0.25, 0.3) is 0 Å². The van der Waals surface area contributed by atoms with E-state index in [1.54, 1.807) is 0 Å². The monoisotopic (exact) mass is 562 g/mol. The maximum absolute atomic E-state index is 14.2. The SMILES string of the molecule is COC(=O)C1=C(C)NC(=O)N(N(C=O)CCCN2CCC(c3ccccc3)CC2)C1c1ccc(F)c(F)c1.Cl. The third-order valence-corrected chi connectivity index (χ3v) is 7.21. The summed E-state index contributed by atoms with van der Waals surface area (Å²) in [5.74, 6) is -2.43. The summed E-state index contributed by atoms with van der Waals surface area (Å²) in [5.41, 5.74) is 1.71. The van der Waals surface area contributed by atoms with E-state index < -0.39 is 29.7 Å². The summed E-state index contributed by atoms with van der Waals surface area (Å²) in [6.45, 7) is 4.27. The number of nitrogens with zero attached hydrogens (tertiary/aromatic N) is 3. The van der Waals surface area contributed by atoms with Crippen LogP contribution in [0, 0.1) is 11.6 Å². The van der Waals surface area contributed by atoms with E-state index in [0.29, 0.717) is 18.7 Å². The van der Waals surface area contributed by atoms with Crippen LogP contribution in [-0.4, -0.2) is 66.6 Å². The molecule has 0 spiro atoms. The molecular weight excluding hydrogens is 530 g/mol. The van der Waals surface area contributed by atoms with Crippen LogP contribution in [-0.2, 0) is 14.3 Å². The zero-order valence-corrected chi connectivity index (χ0v) is 22.8. The fraction of sp³-hybridized carbons (Fsp3) is 0.393. The molecule has 1 saturated heterocycles. The number of benzene rings is 2. The van der Waals surface area contributed by atoms with Gasteiger partial charge >= 0.3 is 12.0 Å². The standard InChI is InChI=1S/C28H32F2N4O4.ClH/c1-19-25(27(36)38-2)26(22-9-10-23(29)24(30)17-22)34(28(37)31-19)33(18-35)14-6-13-32-15-11-21(12-16-32)20-7-4-3-5-8-20;/h3-5,7-10,17-18,21,26H,6,11-16H2,1-2H3,(H,31,37);1H. The minimum Gasteiger partial charge on any atom is -0.466 e. The molecule has 0 aromatic heterocycles. The number of urea groups is 1. The molecule has 1 atom stereocenters. The first-order chi connectivity index (χ1) is 18.3. The van der Waals surface area contributed by atoms with Gasteiger partial charge in [0.15, 0.2) is 11.6 Å². The van der Waals surface area contributed by atoms with Crippen LogP contribution in [0.15, 0.2) is 59.8 Å². The predicted octanol–water partition coefficient (Wildman–Crippen LogP) is 4.54. The molecule has 0 aliphatic carbocycles. The highest BCUT2D eigenvalue weighted by Crippen LogP contribution is 2.36. The van der Waals surface area contributed by atoms with Crippen molar-refractivity contribution in [2.45, 2.75) is 38.1 Å². The number of rotatable bonds is 9. The van der Waals surface area contributed by atoms with Gasteiger partial charge in [-0.3, -0.25) is 9.80 Å². The largest absolute Gasteiger partial charge is 0.466 e. The Morgan fingerprint density at radius 1 is 1.10 bits per heavy atom. The maximum atomic E-state index is 14.2. The number of nitrogens with one attached hydrogen (secondary N) is 1. The van der Waals surface area contributed by atoms with Crippen molar-refractivity contribution in [1.29, 1.82) is 0 Å². The van der Waals surface area contributed by atoms with Crippen LogP contribution >= 0.6 is 12.4 Å². The summed E-state index contributed by atoms with van der Waals surface area (Å²) in [5, 5.41) is 4.83. The fourth-order valence-electron chi connectivity index (χ4n) is 5.24. The zero-order chi connectivity index (χ0) is 27.2. The lowest BCUT2D eigenvalue weighted by atomic mass is 9.89. The topological polar surface area (TPSA) is 82.2 Å². The highest BCUT2D eigenvalue weighted by molar-refractivity contribution is 5.95. The summed E-state index contributed by atoms with van der Waals surface area (Å²) in [6.07, 6.45) is 3.16. The van der Waals surface area contributed by atoms with Crippen LogP contribution in [0.2, 0.25) is 0 Å². The van der Waals surface area contributed by atoms with E-state index in [0.717, 1.165) is 49.6 Å². The van der Waals surface area contributed by atoms with Gasteiger partial charge in [-0.1, -0.05) is 36.4 Å². The molecule has 0 radical (unpaired) electrons. The lowest BCUT2D eigenvalue weighted by Crippen LogP contribution is -2.56. The summed E-state index contributed by atoms with van der Waals surface area (Å²) < 4.78 is 32.8.